The molecule has 3 heterocycles. The predicted octanol–water partition coefficient (Wildman–Crippen LogP) is 4.92. The van der Waals surface area contributed by atoms with Gasteiger partial charge < -0.3 is 19.7 Å². The minimum Gasteiger partial charge on any atom is -0.393 e. The van der Waals surface area contributed by atoms with Crippen LogP contribution >= 0.6 is 0 Å². The molecule has 32 heavy (non-hydrogen) atoms. The number of fused-ring (bicyclic) bond motifs is 10. The lowest BCUT2D eigenvalue weighted by atomic mass is 9.83. The monoisotopic (exact) mass is 436 g/mol. The topological polar surface area (TPSA) is 58.9 Å². The van der Waals surface area contributed by atoms with Crippen molar-refractivity contribution in [1.29, 1.82) is 0 Å². The first-order valence-corrected chi connectivity index (χ1v) is 12.3. The van der Waals surface area contributed by atoms with Crippen molar-refractivity contribution < 1.29 is 19.7 Å². The molecule has 4 heteroatoms. The maximum absolute atomic E-state index is 10.8. The van der Waals surface area contributed by atoms with Crippen LogP contribution in [0.5, 0.6) is 0 Å². The summed E-state index contributed by atoms with van der Waals surface area (Å²) in [5, 5.41) is 21.6. The third kappa shape index (κ3) is 4.51. The van der Waals surface area contributed by atoms with Gasteiger partial charge in [0.15, 0.2) is 0 Å². The molecule has 3 aliphatic heterocycles. The van der Waals surface area contributed by atoms with Gasteiger partial charge >= 0.3 is 0 Å². The average Bonchev–Trinajstić information content (AvgIpc) is 2.80. The van der Waals surface area contributed by atoms with E-state index in [4.69, 9.17) is 9.47 Å². The van der Waals surface area contributed by atoms with Gasteiger partial charge in [-0.2, -0.15) is 0 Å². The van der Waals surface area contributed by atoms with E-state index in [-0.39, 0.29) is 48.5 Å². The molecule has 0 aromatic heterocycles. The third-order valence-corrected chi connectivity index (χ3v) is 7.92. The fourth-order valence-electron chi connectivity index (χ4n) is 5.79. The van der Waals surface area contributed by atoms with Crippen LogP contribution in [-0.4, -0.2) is 34.6 Å². The van der Waals surface area contributed by atoms with E-state index in [0.717, 1.165) is 36.8 Å². The van der Waals surface area contributed by atoms with Crippen LogP contribution in [0.4, 0.5) is 0 Å². The Hall–Kier alpha value is -1.72. The number of rotatable bonds is 0. The summed E-state index contributed by atoms with van der Waals surface area (Å²) in [6.07, 6.45) is 4.18. The number of ether oxygens (including phenoxy) is 2. The lowest BCUT2D eigenvalue weighted by Gasteiger charge is -2.40. The number of aryl methyl sites for hydroxylation is 2. The van der Waals surface area contributed by atoms with E-state index in [1.54, 1.807) is 0 Å². The van der Waals surface area contributed by atoms with Gasteiger partial charge in [-0.15, -0.1) is 0 Å². The average molecular weight is 437 g/mol. The van der Waals surface area contributed by atoms with E-state index in [1.807, 2.05) is 0 Å². The molecule has 2 N–H and O–H groups in total. The van der Waals surface area contributed by atoms with Gasteiger partial charge in [0.2, 0.25) is 0 Å². The number of aliphatic hydroxyl groups excluding tert-OH is 2. The Morgan fingerprint density at radius 1 is 0.688 bits per heavy atom. The zero-order valence-electron chi connectivity index (χ0n) is 19.2. The Morgan fingerprint density at radius 3 is 1.56 bits per heavy atom. The Morgan fingerprint density at radius 2 is 1.12 bits per heavy atom. The SMILES string of the molecule is C[C@H]1[C@H](O)C[C@@H]2CCc3cccc(c3)[C@H]3O[C@@H](CCc4cccc(c4)[C@H]1O2)C[C@@H](O)[C@@H]3C. The van der Waals surface area contributed by atoms with Gasteiger partial charge in [-0.05, 0) is 60.8 Å². The minimum atomic E-state index is -0.345. The highest BCUT2D eigenvalue weighted by molar-refractivity contribution is 5.28. The van der Waals surface area contributed by atoms with E-state index in [9.17, 15) is 10.2 Å². The van der Waals surface area contributed by atoms with Gasteiger partial charge in [0.1, 0.15) is 0 Å². The zero-order valence-corrected chi connectivity index (χ0v) is 19.2. The van der Waals surface area contributed by atoms with Crippen LogP contribution in [0, 0.1) is 11.8 Å². The zero-order chi connectivity index (χ0) is 22.2. The second kappa shape index (κ2) is 9.26. The molecule has 2 aromatic carbocycles. The van der Waals surface area contributed by atoms with Crippen LogP contribution in [0.2, 0.25) is 0 Å². The lowest BCUT2D eigenvalue weighted by Crippen LogP contribution is -2.39. The highest BCUT2D eigenvalue weighted by Gasteiger charge is 2.37. The van der Waals surface area contributed by atoms with Gasteiger partial charge in [0.05, 0.1) is 36.6 Å². The highest BCUT2D eigenvalue weighted by atomic mass is 16.5. The molecule has 5 rings (SSSR count). The normalized spacial score (nSPS) is 37.6. The predicted molar refractivity (Wildman–Crippen MR) is 124 cm³/mol. The third-order valence-electron chi connectivity index (χ3n) is 7.92. The van der Waals surface area contributed by atoms with Gasteiger partial charge in [0, 0.05) is 11.8 Å². The maximum Gasteiger partial charge on any atom is 0.0878 e. The van der Waals surface area contributed by atoms with Crippen molar-refractivity contribution in [2.24, 2.45) is 11.8 Å². The summed E-state index contributed by atoms with van der Waals surface area (Å²) < 4.78 is 13.1. The first kappa shape index (κ1) is 22.1. The molecule has 0 unspecified atom stereocenters. The van der Waals surface area contributed by atoms with Crippen molar-refractivity contribution in [3.8, 4) is 0 Å². The van der Waals surface area contributed by atoms with E-state index < -0.39 is 0 Å². The fraction of sp³-hybridized carbons (Fsp3) is 0.571. The number of benzene rings is 2. The standard InChI is InChI=1S/C28H36O4/c1-17-25(29)15-23-11-9-20-6-4-8-22(14-20)28-18(2)26(30)16-24(32-28)12-10-19-5-3-7-21(13-19)27(17)31-23/h3-8,13-14,17-18,23-30H,9-12,15-16H2,1-2H3/t17-,18-,23-,24-,25+,26+,27-,28-/m0/s1. The van der Waals surface area contributed by atoms with Gasteiger partial charge in [-0.3, -0.25) is 0 Å². The van der Waals surface area contributed by atoms with Crippen LogP contribution in [0.15, 0.2) is 48.5 Å². The molecule has 2 aromatic rings. The molecule has 4 nitrogen and oxygen atoms in total. The summed E-state index contributed by atoms with van der Waals surface area (Å²) in [4.78, 5) is 0. The second-order valence-electron chi connectivity index (χ2n) is 10.2. The van der Waals surface area contributed by atoms with Crippen molar-refractivity contribution in [2.75, 3.05) is 0 Å². The summed E-state index contributed by atoms with van der Waals surface area (Å²) in [5.74, 6) is 0.144. The van der Waals surface area contributed by atoms with Gasteiger partial charge in [0.25, 0.3) is 0 Å². The first-order chi connectivity index (χ1) is 15.5. The van der Waals surface area contributed by atoms with Crippen LogP contribution in [0.25, 0.3) is 0 Å². The fourth-order valence-corrected chi connectivity index (χ4v) is 5.79. The summed E-state index contributed by atoms with van der Waals surface area (Å²) in [6.45, 7) is 4.19. The van der Waals surface area contributed by atoms with E-state index in [1.165, 1.54) is 11.1 Å². The molecule has 0 aliphatic carbocycles. The van der Waals surface area contributed by atoms with Gasteiger partial charge in [-0.25, -0.2) is 0 Å². The highest BCUT2D eigenvalue weighted by Crippen LogP contribution is 2.40. The largest absolute Gasteiger partial charge is 0.393 e. The quantitative estimate of drug-likeness (QED) is 0.615. The maximum atomic E-state index is 10.8. The second-order valence-corrected chi connectivity index (χ2v) is 10.2. The summed E-state index contributed by atoms with van der Waals surface area (Å²) >= 11 is 0. The summed E-state index contributed by atoms with van der Waals surface area (Å²) in [5.41, 5.74) is 4.84. The van der Waals surface area contributed by atoms with Crippen LogP contribution < -0.4 is 0 Å². The molecular formula is C28H36O4. The molecule has 8 bridgehead atoms. The van der Waals surface area contributed by atoms with Crippen molar-refractivity contribution in [3.63, 3.8) is 0 Å². The summed E-state index contributed by atoms with van der Waals surface area (Å²) in [7, 11) is 0. The molecule has 0 amide bonds. The van der Waals surface area contributed by atoms with Crippen molar-refractivity contribution in [1.82, 2.24) is 0 Å². The molecule has 172 valence electrons. The molecule has 0 saturated carbocycles. The Kier molecular flexibility index (Phi) is 6.39. The molecule has 0 radical (unpaired) electrons. The van der Waals surface area contributed by atoms with E-state index in [0.29, 0.717) is 12.8 Å². The van der Waals surface area contributed by atoms with Crippen LogP contribution in [-0.2, 0) is 22.3 Å². The Labute approximate surface area is 191 Å². The number of aliphatic hydroxyl groups is 2. The lowest BCUT2D eigenvalue weighted by molar-refractivity contribution is -0.135. The first-order valence-electron chi connectivity index (χ1n) is 12.3. The number of hydrogen-bond acceptors (Lipinski definition) is 4. The molecule has 2 saturated heterocycles. The van der Waals surface area contributed by atoms with Crippen molar-refractivity contribution in [2.45, 2.75) is 89.0 Å². The minimum absolute atomic E-state index is 0.0440. The molecule has 3 aliphatic rings. The molecule has 2 fully saturated rings. The van der Waals surface area contributed by atoms with E-state index in [2.05, 4.69) is 62.4 Å². The van der Waals surface area contributed by atoms with Crippen molar-refractivity contribution in [3.05, 3.63) is 70.8 Å². The van der Waals surface area contributed by atoms with Gasteiger partial charge in [-0.1, -0.05) is 62.4 Å². The molecule has 8 atom stereocenters. The van der Waals surface area contributed by atoms with Crippen LogP contribution in [0.3, 0.4) is 0 Å². The van der Waals surface area contributed by atoms with E-state index >= 15 is 0 Å². The van der Waals surface area contributed by atoms with Crippen molar-refractivity contribution >= 4 is 0 Å². The smallest absolute Gasteiger partial charge is 0.0878 e. The molecular weight excluding hydrogens is 400 g/mol. The molecule has 0 spiro atoms. The van der Waals surface area contributed by atoms with Crippen LogP contribution in [0.1, 0.15) is 74.0 Å². The Bertz CT molecular complexity index is 852. The summed E-state index contributed by atoms with van der Waals surface area (Å²) in [6, 6.07) is 17.3. The number of hydrogen-bond donors (Lipinski definition) is 2. The Balaban J connectivity index is 1.48.